The second-order valence-electron chi connectivity index (χ2n) is 6.07. The maximum absolute atomic E-state index is 6.11. The highest BCUT2D eigenvalue weighted by molar-refractivity contribution is 6.33. The summed E-state index contributed by atoms with van der Waals surface area (Å²) < 4.78 is 1.92. The van der Waals surface area contributed by atoms with Gasteiger partial charge in [-0.1, -0.05) is 31.5 Å². The van der Waals surface area contributed by atoms with E-state index in [1.165, 1.54) is 6.42 Å². The normalized spacial score (nSPS) is 26.0. The lowest BCUT2D eigenvalue weighted by atomic mass is 9.79. The summed E-state index contributed by atoms with van der Waals surface area (Å²) in [5.74, 6) is 2.15. The minimum absolute atomic E-state index is 0.333. The number of benzene rings is 1. The minimum Gasteiger partial charge on any atom is -0.397 e. The van der Waals surface area contributed by atoms with Crippen LogP contribution in [0.15, 0.2) is 18.2 Å². The van der Waals surface area contributed by atoms with Gasteiger partial charge in [0.15, 0.2) is 5.82 Å². The van der Waals surface area contributed by atoms with E-state index in [-0.39, 0.29) is 0 Å². The smallest absolute Gasteiger partial charge is 0.184 e. The van der Waals surface area contributed by atoms with Gasteiger partial charge in [-0.15, -0.1) is 5.10 Å². The molecule has 0 saturated heterocycles. The van der Waals surface area contributed by atoms with Crippen LogP contribution < -0.4 is 5.73 Å². The molecule has 1 heterocycles. The van der Waals surface area contributed by atoms with E-state index in [0.717, 1.165) is 24.3 Å². The van der Waals surface area contributed by atoms with Crippen molar-refractivity contribution in [1.29, 1.82) is 0 Å². The Balaban J connectivity index is 1.96. The molecule has 1 fully saturated rings. The van der Waals surface area contributed by atoms with Crippen LogP contribution in [0.2, 0.25) is 5.02 Å². The molecule has 5 nitrogen and oxygen atoms in total. The van der Waals surface area contributed by atoms with Crippen LogP contribution in [0.4, 0.5) is 5.69 Å². The van der Waals surface area contributed by atoms with Crippen molar-refractivity contribution in [3.63, 3.8) is 0 Å². The molecule has 21 heavy (non-hydrogen) atoms. The number of nitrogens with two attached hydrogens (primary N) is 1. The van der Waals surface area contributed by atoms with Gasteiger partial charge in [0.05, 0.1) is 16.8 Å². The Morgan fingerprint density at radius 1 is 1.24 bits per heavy atom. The van der Waals surface area contributed by atoms with Crippen LogP contribution in [0.25, 0.3) is 11.4 Å². The number of hydrogen-bond donors (Lipinski definition) is 1. The van der Waals surface area contributed by atoms with E-state index >= 15 is 0 Å². The summed E-state index contributed by atoms with van der Waals surface area (Å²) in [5, 5.41) is 12.8. The molecular weight excluding hydrogens is 286 g/mol. The summed E-state index contributed by atoms with van der Waals surface area (Å²) in [7, 11) is 0. The zero-order chi connectivity index (χ0) is 15.0. The fourth-order valence-corrected chi connectivity index (χ4v) is 3.26. The Morgan fingerprint density at radius 3 is 2.81 bits per heavy atom. The molecule has 0 aliphatic heterocycles. The molecule has 3 atom stereocenters. The van der Waals surface area contributed by atoms with E-state index in [0.29, 0.717) is 28.5 Å². The number of anilines is 1. The van der Waals surface area contributed by atoms with Gasteiger partial charge in [0.1, 0.15) is 0 Å². The molecule has 1 aliphatic rings. The van der Waals surface area contributed by atoms with E-state index in [4.69, 9.17) is 17.3 Å². The summed E-state index contributed by atoms with van der Waals surface area (Å²) in [6.07, 6.45) is 3.40. The molecule has 0 spiro atoms. The molecule has 2 N–H and O–H groups in total. The van der Waals surface area contributed by atoms with Crippen molar-refractivity contribution in [3.8, 4) is 11.4 Å². The number of nitrogen functional groups attached to an aromatic ring is 1. The Morgan fingerprint density at radius 2 is 2.05 bits per heavy atom. The topological polar surface area (TPSA) is 69.6 Å². The highest BCUT2D eigenvalue weighted by atomic mass is 35.5. The van der Waals surface area contributed by atoms with Crippen molar-refractivity contribution >= 4 is 17.3 Å². The zero-order valence-electron chi connectivity index (χ0n) is 12.3. The molecular formula is C15H20ClN5. The molecule has 2 aromatic rings. The Bertz CT molecular complexity index is 639. The van der Waals surface area contributed by atoms with Crippen molar-refractivity contribution in [2.75, 3.05) is 5.73 Å². The fraction of sp³-hybridized carbons (Fsp3) is 0.533. The quantitative estimate of drug-likeness (QED) is 0.861. The van der Waals surface area contributed by atoms with Crippen molar-refractivity contribution in [3.05, 3.63) is 23.2 Å². The molecule has 1 aromatic carbocycles. The lowest BCUT2D eigenvalue weighted by Gasteiger charge is -2.32. The first kappa shape index (κ1) is 14.3. The lowest BCUT2D eigenvalue weighted by molar-refractivity contribution is 0.200. The molecule has 0 bridgehead atoms. The van der Waals surface area contributed by atoms with Crippen molar-refractivity contribution in [2.45, 2.75) is 39.2 Å². The molecule has 0 amide bonds. The van der Waals surface area contributed by atoms with E-state index < -0.39 is 0 Å². The zero-order valence-corrected chi connectivity index (χ0v) is 13.1. The fourth-order valence-electron chi connectivity index (χ4n) is 3.09. The van der Waals surface area contributed by atoms with E-state index in [1.807, 2.05) is 16.8 Å². The molecule has 3 unspecified atom stereocenters. The number of halogens is 1. The monoisotopic (exact) mass is 305 g/mol. The first-order valence-corrected chi connectivity index (χ1v) is 7.78. The van der Waals surface area contributed by atoms with Crippen LogP contribution in [0.1, 0.15) is 39.2 Å². The second-order valence-corrected chi connectivity index (χ2v) is 6.48. The van der Waals surface area contributed by atoms with Gasteiger partial charge in [0, 0.05) is 5.56 Å². The number of para-hydroxylation sites is 1. The van der Waals surface area contributed by atoms with Crippen LogP contribution in [0.3, 0.4) is 0 Å². The number of aromatic nitrogens is 4. The Labute approximate surface area is 129 Å². The van der Waals surface area contributed by atoms with Gasteiger partial charge < -0.3 is 5.73 Å². The van der Waals surface area contributed by atoms with Crippen LogP contribution in [0.5, 0.6) is 0 Å². The van der Waals surface area contributed by atoms with Gasteiger partial charge in [0.25, 0.3) is 0 Å². The third kappa shape index (κ3) is 2.62. The maximum atomic E-state index is 6.11. The molecule has 3 rings (SSSR count). The lowest BCUT2D eigenvalue weighted by Crippen LogP contribution is -2.24. The van der Waals surface area contributed by atoms with Gasteiger partial charge in [-0.2, -0.15) is 0 Å². The van der Waals surface area contributed by atoms with Gasteiger partial charge in [-0.25, -0.2) is 4.68 Å². The van der Waals surface area contributed by atoms with Gasteiger partial charge in [-0.3, -0.25) is 0 Å². The van der Waals surface area contributed by atoms with E-state index in [9.17, 15) is 0 Å². The molecule has 1 aliphatic carbocycles. The minimum atomic E-state index is 0.333. The van der Waals surface area contributed by atoms with Crippen molar-refractivity contribution in [1.82, 2.24) is 20.2 Å². The SMILES string of the molecule is CC1CCC(n2nnnc2-c2cccc(Cl)c2N)CC1C. The Kier molecular flexibility index (Phi) is 3.85. The molecule has 1 aromatic heterocycles. The molecule has 6 heteroatoms. The number of rotatable bonds is 2. The summed E-state index contributed by atoms with van der Waals surface area (Å²) in [6.45, 7) is 4.62. The first-order chi connectivity index (χ1) is 10.1. The molecule has 1 saturated carbocycles. The van der Waals surface area contributed by atoms with Crippen LogP contribution in [-0.4, -0.2) is 20.2 Å². The van der Waals surface area contributed by atoms with Gasteiger partial charge >= 0.3 is 0 Å². The number of tetrazole rings is 1. The maximum Gasteiger partial charge on any atom is 0.184 e. The summed E-state index contributed by atoms with van der Waals surface area (Å²) >= 11 is 6.11. The standard InChI is InChI=1S/C15H20ClN5/c1-9-6-7-11(8-10(9)2)21-15(18-19-20-21)12-4-3-5-13(16)14(12)17/h3-5,9-11H,6-8,17H2,1-2H3. The Hall–Kier alpha value is -1.62. The van der Waals surface area contributed by atoms with Crippen LogP contribution in [-0.2, 0) is 0 Å². The molecule has 0 radical (unpaired) electrons. The van der Waals surface area contributed by atoms with Gasteiger partial charge in [0.2, 0.25) is 0 Å². The van der Waals surface area contributed by atoms with Crippen molar-refractivity contribution < 1.29 is 0 Å². The predicted molar refractivity (Wildman–Crippen MR) is 83.9 cm³/mol. The average molecular weight is 306 g/mol. The summed E-state index contributed by atoms with van der Waals surface area (Å²) in [5.41, 5.74) is 7.42. The second kappa shape index (κ2) is 5.64. The summed E-state index contributed by atoms with van der Waals surface area (Å²) in [6, 6.07) is 5.90. The third-order valence-electron chi connectivity index (χ3n) is 4.70. The van der Waals surface area contributed by atoms with Crippen LogP contribution in [0, 0.1) is 11.8 Å². The van der Waals surface area contributed by atoms with Crippen molar-refractivity contribution in [2.24, 2.45) is 11.8 Å². The largest absolute Gasteiger partial charge is 0.397 e. The molecule has 112 valence electrons. The predicted octanol–water partition coefficient (Wildman–Crippen LogP) is 3.57. The van der Waals surface area contributed by atoms with E-state index in [2.05, 4.69) is 29.4 Å². The highest BCUT2D eigenvalue weighted by Gasteiger charge is 2.28. The van der Waals surface area contributed by atoms with Crippen LogP contribution >= 0.6 is 11.6 Å². The van der Waals surface area contributed by atoms with E-state index in [1.54, 1.807) is 6.07 Å². The third-order valence-corrected chi connectivity index (χ3v) is 5.03. The number of nitrogens with zero attached hydrogens (tertiary/aromatic N) is 4. The number of hydrogen-bond acceptors (Lipinski definition) is 4. The average Bonchev–Trinajstić information content (AvgIpc) is 2.94. The highest BCUT2D eigenvalue weighted by Crippen LogP contribution is 2.38. The first-order valence-electron chi connectivity index (χ1n) is 7.40. The summed E-state index contributed by atoms with van der Waals surface area (Å²) in [4.78, 5) is 0. The van der Waals surface area contributed by atoms with Gasteiger partial charge in [-0.05, 0) is 53.7 Å².